The maximum atomic E-state index is 12.6. The molecule has 0 unspecified atom stereocenters. The van der Waals surface area contributed by atoms with Crippen LogP contribution in [0.15, 0.2) is 35.0 Å². The van der Waals surface area contributed by atoms with Crippen molar-refractivity contribution in [1.29, 1.82) is 0 Å². The predicted octanol–water partition coefficient (Wildman–Crippen LogP) is 3.41. The summed E-state index contributed by atoms with van der Waals surface area (Å²) in [7, 11) is 3.13. The standard InChI is InChI=1S/C20H26N2O3S/c1-24-17-4-3-5-18(25-2)19(17)20(23)21-12-15-6-9-22(10-7-15)13-16-8-11-26-14-16/h3-5,8,11,14-15H,6-7,9-10,12-13H2,1-2H3,(H,21,23). The molecule has 2 aromatic rings. The van der Waals surface area contributed by atoms with E-state index in [-0.39, 0.29) is 5.91 Å². The first-order valence-electron chi connectivity index (χ1n) is 8.94. The Hall–Kier alpha value is -2.05. The molecule has 0 radical (unpaired) electrons. The number of hydrogen-bond donors (Lipinski definition) is 1. The van der Waals surface area contributed by atoms with Crippen molar-refractivity contribution in [3.63, 3.8) is 0 Å². The van der Waals surface area contributed by atoms with Crippen molar-refractivity contribution < 1.29 is 14.3 Å². The van der Waals surface area contributed by atoms with Crippen LogP contribution >= 0.6 is 11.3 Å². The van der Waals surface area contributed by atoms with E-state index in [1.165, 1.54) is 5.56 Å². The van der Waals surface area contributed by atoms with Gasteiger partial charge in [0.15, 0.2) is 0 Å². The number of piperidine rings is 1. The van der Waals surface area contributed by atoms with E-state index in [1.54, 1.807) is 37.7 Å². The Bertz CT molecular complexity index is 688. The minimum absolute atomic E-state index is 0.139. The SMILES string of the molecule is COc1cccc(OC)c1C(=O)NCC1CCN(Cc2ccsc2)CC1. The fourth-order valence-electron chi connectivity index (χ4n) is 3.39. The van der Waals surface area contributed by atoms with E-state index in [1.807, 2.05) is 6.07 Å². The molecule has 0 spiro atoms. The molecule has 3 rings (SSSR count). The summed E-state index contributed by atoms with van der Waals surface area (Å²) >= 11 is 1.75. The highest BCUT2D eigenvalue weighted by molar-refractivity contribution is 7.07. The van der Waals surface area contributed by atoms with Gasteiger partial charge in [0, 0.05) is 13.1 Å². The van der Waals surface area contributed by atoms with E-state index in [4.69, 9.17) is 9.47 Å². The normalized spacial score (nSPS) is 15.6. The summed E-state index contributed by atoms with van der Waals surface area (Å²) in [5.74, 6) is 1.44. The molecular formula is C20H26N2O3S. The Kier molecular flexibility index (Phi) is 6.52. The molecule has 0 saturated carbocycles. The molecule has 5 nitrogen and oxygen atoms in total. The van der Waals surface area contributed by atoms with Gasteiger partial charge in [-0.05, 0) is 66.4 Å². The molecule has 0 aliphatic carbocycles. The average Bonchev–Trinajstić information content (AvgIpc) is 3.19. The lowest BCUT2D eigenvalue weighted by Gasteiger charge is -2.31. The number of methoxy groups -OCH3 is 2. The second kappa shape index (κ2) is 9.05. The van der Waals surface area contributed by atoms with Gasteiger partial charge in [-0.25, -0.2) is 0 Å². The van der Waals surface area contributed by atoms with E-state index < -0.39 is 0 Å². The fourth-order valence-corrected chi connectivity index (χ4v) is 4.05. The van der Waals surface area contributed by atoms with Crippen LogP contribution in [0.3, 0.4) is 0 Å². The van der Waals surface area contributed by atoms with Gasteiger partial charge in [-0.1, -0.05) is 6.07 Å². The van der Waals surface area contributed by atoms with Gasteiger partial charge in [0.1, 0.15) is 17.1 Å². The summed E-state index contributed by atoms with van der Waals surface area (Å²) in [4.78, 5) is 15.1. The van der Waals surface area contributed by atoms with Crippen molar-refractivity contribution in [2.45, 2.75) is 19.4 Å². The number of benzene rings is 1. The molecule has 1 N–H and O–H groups in total. The monoisotopic (exact) mass is 374 g/mol. The van der Waals surface area contributed by atoms with Crippen molar-refractivity contribution in [3.05, 3.63) is 46.2 Å². The van der Waals surface area contributed by atoms with Crippen LogP contribution in [0.2, 0.25) is 0 Å². The van der Waals surface area contributed by atoms with Crippen LogP contribution in [-0.2, 0) is 6.54 Å². The predicted molar refractivity (Wildman–Crippen MR) is 104 cm³/mol. The highest BCUT2D eigenvalue weighted by atomic mass is 32.1. The zero-order valence-electron chi connectivity index (χ0n) is 15.4. The summed E-state index contributed by atoms with van der Waals surface area (Å²) in [6, 6.07) is 7.57. The minimum atomic E-state index is -0.139. The maximum absolute atomic E-state index is 12.6. The maximum Gasteiger partial charge on any atom is 0.258 e. The molecule has 26 heavy (non-hydrogen) atoms. The van der Waals surface area contributed by atoms with E-state index in [0.717, 1.165) is 32.5 Å². The summed E-state index contributed by atoms with van der Waals surface area (Å²) in [5, 5.41) is 7.41. The topological polar surface area (TPSA) is 50.8 Å². The van der Waals surface area contributed by atoms with E-state index >= 15 is 0 Å². The molecule has 1 aromatic carbocycles. The first kappa shape index (κ1) is 18.7. The number of rotatable bonds is 7. The van der Waals surface area contributed by atoms with Gasteiger partial charge in [0.05, 0.1) is 14.2 Å². The summed E-state index contributed by atoms with van der Waals surface area (Å²) < 4.78 is 10.6. The Morgan fingerprint density at radius 3 is 2.46 bits per heavy atom. The number of carbonyl (C=O) groups excluding carboxylic acids is 1. The van der Waals surface area contributed by atoms with Crippen LogP contribution in [0.1, 0.15) is 28.8 Å². The zero-order valence-corrected chi connectivity index (χ0v) is 16.2. The third kappa shape index (κ3) is 4.56. The number of ether oxygens (including phenoxy) is 2. The quantitative estimate of drug-likeness (QED) is 0.807. The summed E-state index contributed by atoms with van der Waals surface area (Å²) in [5.41, 5.74) is 1.86. The van der Waals surface area contributed by atoms with Crippen LogP contribution in [0, 0.1) is 5.92 Å². The number of nitrogens with zero attached hydrogens (tertiary/aromatic N) is 1. The molecule has 2 heterocycles. The zero-order chi connectivity index (χ0) is 18.4. The Labute approximate surface area is 158 Å². The van der Waals surface area contributed by atoms with E-state index in [2.05, 4.69) is 27.0 Å². The van der Waals surface area contributed by atoms with Crippen molar-refractivity contribution >= 4 is 17.2 Å². The van der Waals surface area contributed by atoms with Crippen LogP contribution in [-0.4, -0.2) is 44.7 Å². The van der Waals surface area contributed by atoms with Crippen molar-refractivity contribution in [3.8, 4) is 11.5 Å². The molecule has 1 aromatic heterocycles. The smallest absolute Gasteiger partial charge is 0.258 e. The minimum Gasteiger partial charge on any atom is -0.496 e. The third-order valence-corrected chi connectivity index (χ3v) is 5.63. The van der Waals surface area contributed by atoms with Gasteiger partial charge in [-0.2, -0.15) is 11.3 Å². The number of carbonyl (C=O) groups is 1. The molecule has 0 atom stereocenters. The van der Waals surface area contributed by atoms with Gasteiger partial charge in [-0.15, -0.1) is 0 Å². The summed E-state index contributed by atoms with van der Waals surface area (Å²) in [6.45, 7) is 3.87. The number of amides is 1. The molecule has 6 heteroatoms. The van der Waals surface area contributed by atoms with Gasteiger partial charge >= 0.3 is 0 Å². The molecule has 0 bridgehead atoms. The summed E-state index contributed by atoms with van der Waals surface area (Å²) in [6.07, 6.45) is 2.21. The number of nitrogens with one attached hydrogen (secondary N) is 1. The number of hydrogen-bond acceptors (Lipinski definition) is 5. The average molecular weight is 375 g/mol. The molecule has 1 saturated heterocycles. The van der Waals surface area contributed by atoms with Crippen LogP contribution in [0.5, 0.6) is 11.5 Å². The molecule has 1 amide bonds. The van der Waals surface area contributed by atoms with Crippen LogP contribution in [0.25, 0.3) is 0 Å². The van der Waals surface area contributed by atoms with E-state index in [0.29, 0.717) is 29.5 Å². The molecule has 1 fully saturated rings. The number of likely N-dealkylation sites (tertiary alicyclic amines) is 1. The fraction of sp³-hybridized carbons (Fsp3) is 0.450. The highest BCUT2D eigenvalue weighted by Gasteiger charge is 2.22. The van der Waals surface area contributed by atoms with Gasteiger partial charge in [-0.3, -0.25) is 9.69 Å². The lowest BCUT2D eigenvalue weighted by molar-refractivity contribution is 0.0929. The first-order chi connectivity index (χ1) is 12.7. The number of thiophene rings is 1. The third-order valence-electron chi connectivity index (χ3n) is 4.90. The Morgan fingerprint density at radius 2 is 1.88 bits per heavy atom. The van der Waals surface area contributed by atoms with Gasteiger partial charge < -0.3 is 14.8 Å². The van der Waals surface area contributed by atoms with Gasteiger partial charge in [0.25, 0.3) is 5.91 Å². The lowest BCUT2D eigenvalue weighted by Crippen LogP contribution is -2.38. The second-order valence-corrected chi connectivity index (χ2v) is 7.38. The van der Waals surface area contributed by atoms with Crippen LogP contribution < -0.4 is 14.8 Å². The van der Waals surface area contributed by atoms with Crippen molar-refractivity contribution in [2.24, 2.45) is 5.92 Å². The van der Waals surface area contributed by atoms with Crippen molar-refractivity contribution in [2.75, 3.05) is 33.9 Å². The van der Waals surface area contributed by atoms with E-state index in [9.17, 15) is 4.79 Å². The lowest BCUT2D eigenvalue weighted by atomic mass is 9.96. The molecule has 140 valence electrons. The largest absolute Gasteiger partial charge is 0.496 e. The Balaban J connectivity index is 1.50. The molecular weight excluding hydrogens is 348 g/mol. The highest BCUT2D eigenvalue weighted by Crippen LogP contribution is 2.28. The second-order valence-electron chi connectivity index (χ2n) is 6.60. The van der Waals surface area contributed by atoms with Gasteiger partial charge in [0.2, 0.25) is 0 Å². The Morgan fingerprint density at radius 1 is 1.19 bits per heavy atom. The molecule has 1 aliphatic rings. The van der Waals surface area contributed by atoms with Crippen molar-refractivity contribution in [1.82, 2.24) is 10.2 Å². The first-order valence-corrected chi connectivity index (χ1v) is 9.88. The molecule has 1 aliphatic heterocycles. The van der Waals surface area contributed by atoms with Crippen LogP contribution in [0.4, 0.5) is 0 Å².